The van der Waals surface area contributed by atoms with Crippen LogP contribution in [0, 0.1) is 5.41 Å². The normalized spacial score (nSPS) is 23.2. The van der Waals surface area contributed by atoms with Gasteiger partial charge in [0, 0.05) is 6.08 Å². The number of methoxy groups -OCH3 is 1. The van der Waals surface area contributed by atoms with Gasteiger partial charge >= 0.3 is 12.1 Å². The van der Waals surface area contributed by atoms with Crippen molar-refractivity contribution in [3.05, 3.63) is 58.7 Å². The van der Waals surface area contributed by atoms with Crippen LogP contribution in [0.15, 0.2) is 58.7 Å². The number of alkyl halides is 3. The van der Waals surface area contributed by atoms with E-state index in [1.165, 1.54) is 20.1 Å². The van der Waals surface area contributed by atoms with Gasteiger partial charge in [0.1, 0.15) is 0 Å². The third-order valence-corrected chi connectivity index (χ3v) is 4.69. The van der Waals surface area contributed by atoms with Gasteiger partial charge in [-0.05, 0) is 58.1 Å². The minimum absolute atomic E-state index is 0.119. The number of hydrogen-bond donors (Lipinski definition) is 0. The predicted octanol–water partition coefficient (Wildman–Crippen LogP) is 6.23. The summed E-state index contributed by atoms with van der Waals surface area (Å²) >= 11 is 0. The molecule has 0 saturated heterocycles. The fraction of sp³-hybridized carbons (Fsp3) is 0.476. The van der Waals surface area contributed by atoms with E-state index < -0.39 is 17.6 Å². The molecular formula is C21H27F3O2. The number of rotatable bonds is 5. The highest BCUT2D eigenvalue weighted by molar-refractivity contribution is 5.83. The molecule has 0 radical (unpaired) electrons. The monoisotopic (exact) mass is 368 g/mol. The van der Waals surface area contributed by atoms with Crippen molar-refractivity contribution in [2.75, 3.05) is 7.11 Å². The van der Waals surface area contributed by atoms with Gasteiger partial charge in [0.15, 0.2) is 0 Å². The smallest absolute Gasteiger partial charge is 0.398 e. The minimum atomic E-state index is -4.26. The highest BCUT2D eigenvalue weighted by atomic mass is 19.4. The second kappa shape index (κ2) is 9.06. The van der Waals surface area contributed by atoms with Crippen molar-refractivity contribution in [2.24, 2.45) is 5.41 Å². The maximum absolute atomic E-state index is 13.6. The highest BCUT2D eigenvalue weighted by Gasteiger charge is 2.53. The lowest BCUT2D eigenvalue weighted by Crippen LogP contribution is -2.38. The van der Waals surface area contributed by atoms with Gasteiger partial charge in [-0.3, -0.25) is 0 Å². The molecule has 1 atom stereocenters. The number of hydrogen-bond acceptors (Lipinski definition) is 2. The first kappa shape index (κ1) is 22.0. The van der Waals surface area contributed by atoms with Gasteiger partial charge < -0.3 is 4.74 Å². The molecule has 2 nitrogen and oxygen atoms in total. The Hall–Kier alpha value is -2.04. The molecule has 1 unspecified atom stereocenters. The number of allylic oxidation sites excluding steroid dienone is 9. The summed E-state index contributed by atoms with van der Waals surface area (Å²) in [6, 6.07) is 0. The van der Waals surface area contributed by atoms with E-state index in [-0.39, 0.29) is 6.42 Å². The van der Waals surface area contributed by atoms with E-state index in [4.69, 9.17) is 0 Å². The molecular weight excluding hydrogens is 341 g/mol. The average Bonchev–Trinajstić information content (AvgIpc) is 2.53. The highest BCUT2D eigenvalue weighted by Crippen LogP contribution is 2.52. The Kier molecular flexibility index (Phi) is 7.67. The van der Waals surface area contributed by atoms with Gasteiger partial charge in [-0.15, -0.1) is 0 Å². The maximum atomic E-state index is 13.6. The molecule has 0 aromatic carbocycles. The van der Waals surface area contributed by atoms with Gasteiger partial charge in [0.2, 0.25) is 0 Å². The van der Waals surface area contributed by atoms with E-state index in [1.807, 2.05) is 6.92 Å². The summed E-state index contributed by atoms with van der Waals surface area (Å²) in [4.78, 5) is 11.1. The molecule has 0 bridgehead atoms. The zero-order valence-electron chi connectivity index (χ0n) is 16.0. The molecule has 0 fully saturated rings. The summed E-state index contributed by atoms with van der Waals surface area (Å²) in [5.41, 5.74) is 0.923. The molecule has 26 heavy (non-hydrogen) atoms. The van der Waals surface area contributed by atoms with Crippen LogP contribution >= 0.6 is 0 Å². The quantitative estimate of drug-likeness (QED) is 0.326. The first-order valence-corrected chi connectivity index (χ1v) is 8.57. The van der Waals surface area contributed by atoms with E-state index >= 15 is 0 Å². The van der Waals surface area contributed by atoms with Crippen LogP contribution in [0.25, 0.3) is 0 Å². The third kappa shape index (κ3) is 5.75. The largest absolute Gasteiger partial charge is 0.466 e. The van der Waals surface area contributed by atoms with Crippen molar-refractivity contribution in [3.8, 4) is 0 Å². The first-order chi connectivity index (χ1) is 12.0. The van der Waals surface area contributed by atoms with Crippen LogP contribution in [0.5, 0.6) is 0 Å². The topological polar surface area (TPSA) is 26.3 Å². The fourth-order valence-corrected chi connectivity index (χ4v) is 2.98. The zero-order valence-corrected chi connectivity index (χ0v) is 16.0. The number of halogens is 3. The molecule has 144 valence electrons. The van der Waals surface area contributed by atoms with Crippen LogP contribution in [0.2, 0.25) is 0 Å². The molecule has 0 aromatic rings. The van der Waals surface area contributed by atoms with Gasteiger partial charge in [0.25, 0.3) is 0 Å². The Balaban J connectivity index is 2.96. The number of carbonyl (C=O) groups is 1. The van der Waals surface area contributed by atoms with Crippen molar-refractivity contribution < 1.29 is 22.7 Å². The predicted molar refractivity (Wildman–Crippen MR) is 98.5 cm³/mol. The van der Waals surface area contributed by atoms with Crippen LogP contribution in [0.4, 0.5) is 13.2 Å². The molecule has 1 aliphatic carbocycles. The Bertz CT molecular complexity index is 676. The lowest BCUT2D eigenvalue weighted by molar-refractivity contribution is -0.206. The second-order valence-corrected chi connectivity index (χ2v) is 6.89. The standard InChI is InChI=1S/C21H27F3O2/c1-15(8-6-9-16(2)14-19(25)26-5)11-12-18-17(3)10-7-13-20(18,4)21(22,23)24/h6,8-9,11-12,14H,7,10,13H2,1-5H3/b9-6+,12-11+,15-8+,16-14+. The third-order valence-electron chi connectivity index (χ3n) is 4.69. The summed E-state index contributed by atoms with van der Waals surface area (Å²) in [5, 5.41) is 0. The maximum Gasteiger partial charge on any atom is 0.398 e. The summed E-state index contributed by atoms with van der Waals surface area (Å²) in [5.74, 6) is -0.432. The number of carbonyl (C=O) groups excluding carboxylic acids is 1. The molecule has 0 saturated carbocycles. The van der Waals surface area contributed by atoms with Crippen molar-refractivity contribution in [1.29, 1.82) is 0 Å². The fourth-order valence-electron chi connectivity index (χ4n) is 2.98. The minimum Gasteiger partial charge on any atom is -0.466 e. The molecule has 0 amide bonds. The van der Waals surface area contributed by atoms with Crippen LogP contribution in [-0.2, 0) is 9.53 Å². The summed E-state index contributed by atoms with van der Waals surface area (Å²) in [6.07, 6.45) is 7.05. The molecule has 1 rings (SSSR count). The second-order valence-electron chi connectivity index (χ2n) is 6.89. The number of ether oxygens (including phenoxy) is 1. The Morgan fingerprint density at radius 1 is 1.19 bits per heavy atom. The van der Waals surface area contributed by atoms with Gasteiger partial charge in [-0.1, -0.05) is 41.5 Å². The van der Waals surface area contributed by atoms with E-state index in [0.29, 0.717) is 18.4 Å². The molecule has 1 aliphatic rings. The van der Waals surface area contributed by atoms with Gasteiger partial charge in [-0.2, -0.15) is 13.2 Å². The Morgan fingerprint density at radius 3 is 2.42 bits per heavy atom. The number of esters is 1. The van der Waals surface area contributed by atoms with E-state index in [9.17, 15) is 18.0 Å². The lowest BCUT2D eigenvalue weighted by Gasteiger charge is -2.38. The molecule has 0 aliphatic heterocycles. The van der Waals surface area contributed by atoms with Gasteiger partial charge in [-0.25, -0.2) is 4.79 Å². The van der Waals surface area contributed by atoms with E-state index in [0.717, 1.165) is 16.7 Å². The van der Waals surface area contributed by atoms with Crippen LogP contribution in [0.3, 0.4) is 0 Å². The molecule has 0 spiro atoms. The molecule has 5 heteroatoms. The first-order valence-electron chi connectivity index (χ1n) is 8.57. The summed E-state index contributed by atoms with van der Waals surface area (Å²) in [7, 11) is 1.31. The molecule has 0 aromatic heterocycles. The van der Waals surface area contributed by atoms with Crippen LogP contribution < -0.4 is 0 Å². The summed E-state index contributed by atoms with van der Waals surface area (Å²) < 4.78 is 45.2. The van der Waals surface area contributed by atoms with Crippen molar-refractivity contribution in [3.63, 3.8) is 0 Å². The Morgan fingerprint density at radius 2 is 1.85 bits per heavy atom. The summed E-state index contributed by atoms with van der Waals surface area (Å²) in [6.45, 7) is 6.65. The van der Waals surface area contributed by atoms with Crippen LogP contribution in [-0.4, -0.2) is 19.3 Å². The lowest BCUT2D eigenvalue weighted by atomic mass is 9.70. The zero-order chi connectivity index (χ0) is 20.0. The van der Waals surface area contributed by atoms with Crippen molar-refractivity contribution >= 4 is 5.97 Å². The molecule has 0 heterocycles. The SMILES string of the molecule is COC(=O)/C=C(C)/C=C/C=C(C)/C=C/C1=C(C)CCCC1(C)C(F)(F)F. The Labute approximate surface area is 153 Å². The molecule has 0 N–H and O–H groups in total. The van der Waals surface area contributed by atoms with E-state index in [1.54, 1.807) is 44.2 Å². The average molecular weight is 368 g/mol. The van der Waals surface area contributed by atoms with Crippen LogP contribution in [0.1, 0.15) is 47.0 Å². The van der Waals surface area contributed by atoms with Crippen molar-refractivity contribution in [2.45, 2.75) is 53.1 Å². The van der Waals surface area contributed by atoms with E-state index in [2.05, 4.69) is 4.74 Å². The van der Waals surface area contributed by atoms with Crippen molar-refractivity contribution in [1.82, 2.24) is 0 Å². The van der Waals surface area contributed by atoms with Gasteiger partial charge in [0.05, 0.1) is 12.5 Å².